The number of H-pyrrole nitrogens is 1. The number of nitrogens with zero attached hydrogens (tertiary/aromatic N) is 1. The van der Waals surface area contributed by atoms with Gasteiger partial charge in [0.25, 0.3) is 5.56 Å². The third-order valence-corrected chi connectivity index (χ3v) is 3.98. The van der Waals surface area contributed by atoms with Crippen molar-refractivity contribution in [1.29, 1.82) is 0 Å². The molecular formula is C13H9FN2O2S. The van der Waals surface area contributed by atoms with Crippen LogP contribution in [0.25, 0.3) is 15.9 Å². The lowest BCUT2D eigenvalue weighted by Crippen LogP contribution is -2.33. The van der Waals surface area contributed by atoms with Gasteiger partial charge in [-0.05, 0) is 42.1 Å². The predicted molar refractivity (Wildman–Crippen MR) is 72.7 cm³/mol. The van der Waals surface area contributed by atoms with Gasteiger partial charge >= 0.3 is 5.69 Å². The first-order chi connectivity index (χ1) is 9.08. The molecule has 0 bridgehead atoms. The first kappa shape index (κ1) is 11.9. The molecule has 3 rings (SSSR count). The molecule has 3 aromatic rings. The molecule has 0 amide bonds. The summed E-state index contributed by atoms with van der Waals surface area (Å²) in [6, 6.07) is 5.23. The molecule has 4 nitrogen and oxygen atoms in total. The highest BCUT2D eigenvalue weighted by molar-refractivity contribution is 7.17. The maximum atomic E-state index is 12.9. The average molecular weight is 276 g/mol. The van der Waals surface area contributed by atoms with Crippen LogP contribution in [0.4, 0.5) is 4.39 Å². The second-order valence-corrected chi connectivity index (χ2v) is 5.05. The Hall–Kier alpha value is -2.21. The van der Waals surface area contributed by atoms with E-state index in [2.05, 4.69) is 4.98 Å². The number of hydrogen-bond donors (Lipinski definition) is 1. The average Bonchev–Trinajstić information content (AvgIpc) is 2.74. The van der Waals surface area contributed by atoms with E-state index in [-0.39, 0.29) is 5.56 Å². The Labute approximate surface area is 110 Å². The van der Waals surface area contributed by atoms with Crippen molar-refractivity contribution >= 4 is 21.6 Å². The van der Waals surface area contributed by atoms with Gasteiger partial charge in [0.1, 0.15) is 10.5 Å². The lowest BCUT2D eigenvalue weighted by atomic mass is 10.3. The number of aromatic amines is 1. The summed E-state index contributed by atoms with van der Waals surface area (Å²) in [5.41, 5.74) is 0.869. The van der Waals surface area contributed by atoms with Crippen LogP contribution in [0, 0.1) is 12.7 Å². The molecule has 0 aliphatic rings. The molecule has 0 spiro atoms. The standard InChI is InChI=1S/C13H9FN2O2S/c1-7-6-19-11-10(7)15-13(18)16(12(11)17)9-4-2-8(14)3-5-9/h2-6H,1H3,(H,15,18). The van der Waals surface area contributed by atoms with Gasteiger partial charge in [0.15, 0.2) is 0 Å². The fourth-order valence-electron chi connectivity index (χ4n) is 1.94. The zero-order valence-corrected chi connectivity index (χ0v) is 10.8. The Balaban J connectivity index is 2.39. The molecule has 96 valence electrons. The van der Waals surface area contributed by atoms with Crippen molar-refractivity contribution in [1.82, 2.24) is 9.55 Å². The molecule has 2 aromatic heterocycles. The summed E-state index contributed by atoms with van der Waals surface area (Å²) in [6.07, 6.45) is 0. The maximum absolute atomic E-state index is 12.9. The van der Waals surface area contributed by atoms with Crippen molar-refractivity contribution in [2.24, 2.45) is 0 Å². The van der Waals surface area contributed by atoms with E-state index in [0.29, 0.717) is 15.9 Å². The van der Waals surface area contributed by atoms with Crippen LogP contribution in [0.5, 0.6) is 0 Å². The van der Waals surface area contributed by atoms with E-state index in [1.165, 1.54) is 35.6 Å². The highest BCUT2D eigenvalue weighted by Crippen LogP contribution is 2.19. The van der Waals surface area contributed by atoms with Crippen LogP contribution in [0.2, 0.25) is 0 Å². The number of hydrogen-bond acceptors (Lipinski definition) is 3. The van der Waals surface area contributed by atoms with Crippen molar-refractivity contribution in [3.05, 3.63) is 61.9 Å². The Kier molecular flexibility index (Phi) is 2.60. The first-order valence-corrected chi connectivity index (χ1v) is 6.45. The van der Waals surface area contributed by atoms with Crippen LogP contribution in [0.15, 0.2) is 39.2 Å². The molecule has 0 unspecified atom stereocenters. The zero-order valence-electron chi connectivity index (χ0n) is 9.94. The summed E-state index contributed by atoms with van der Waals surface area (Å²) < 4.78 is 14.4. The number of aryl methyl sites for hydroxylation is 1. The molecule has 0 saturated carbocycles. The molecule has 0 aliphatic carbocycles. The van der Waals surface area contributed by atoms with Crippen LogP contribution in [-0.2, 0) is 0 Å². The lowest BCUT2D eigenvalue weighted by molar-refractivity contribution is 0.627. The topological polar surface area (TPSA) is 54.9 Å². The van der Waals surface area contributed by atoms with Crippen LogP contribution in [0.1, 0.15) is 5.56 Å². The molecule has 1 N–H and O–H groups in total. The number of halogens is 1. The number of benzene rings is 1. The molecular weight excluding hydrogens is 267 g/mol. The van der Waals surface area contributed by atoms with Crippen LogP contribution < -0.4 is 11.2 Å². The Morgan fingerprint density at radius 1 is 1.21 bits per heavy atom. The summed E-state index contributed by atoms with van der Waals surface area (Å²) in [5, 5.41) is 1.82. The highest BCUT2D eigenvalue weighted by Gasteiger charge is 2.12. The Bertz CT molecular complexity index is 874. The molecule has 19 heavy (non-hydrogen) atoms. The van der Waals surface area contributed by atoms with Gasteiger partial charge in [-0.25, -0.2) is 13.8 Å². The van der Waals surface area contributed by atoms with E-state index in [9.17, 15) is 14.0 Å². The lowest BCUT2D eigenvalue weighted by Gasteiger charge is -2.04. The van der Waals surface area contributed by atoms with E-state index in [1.807, 2.05) is 12.3 Å². The van der Waals surface area contributed by atoms with E-state index in [0.717, 1.165) is 10.1 Å². The van der Waals surface area contributed by atoms with E-state index in [4.69, 9.17) is 0 Å². The van der Waals surface area contributed by atoms with Crippen LogP contribution in [0.3, 0.4) is 0 Å². The van der Waals surface area contributed by atoms with Gasteiger partial charge < -0.3 is 4.98 Å². The molecule has 0 radical (unpaired) electrons. The van der Waals surface area contributed by atoms with Gasteiger partial charge in [-0.1, -0.05) is 0 Å². The first-order valence-electron chi connectivity index (χ1n) is 5.57. The Morgan fingerprint density at radius 3 is 2.58 bits per heavy atom. The van der Waals surface area contributed by atoms with Gasteiger partial charge in [0.05, 0.1) is 11.2 Å². The van der Waals surface area contributed by atoms with Gasteiger partial charge in [0.2, 0.25) is 0 Å². The number of aromatic nitrogens is 2. The maximum Gasteiger partial charge on any atom is 0.333 e. The van der Waals surface area contributed by atoms with Gasteiger partial charge in [-0.3, -0.25) is 4.79 Å². The summed E-state index contributed by atoms with van der Waals surface area (Å²) in [7, 11) is 0. The predicted octanol–water partition coefficient (Wildman–Crippen LogP) is 2.19. The number of nitrogens with one attached hydrogen (secondary N) is 1. The summed E-state index contributed by atoms with van der Waals surface area (Å²) in [5.74, 6) is -0.415. The molecule has 0 atom stereocenters. The quantitative estimate of drug-likeness (QED) is 0.740. The minimum absolute atomic E-state index is 0.348. The summed E-state index contributed by atoms with van der Waals surface area (Å²) in [4.78, 5) is 27.0. The third kappa shape index (κ3) is 1.80. The molecule has 2 heterocycles. The van der Waals surface area contributed by atoms with E-state index < -0.39 is 11.5 Å². The Morgan fingerprint density at radius 2 is 1.89 bits per heavy atom. The van der Waals surface area contributed by atoms with Crippen molar-refractivity contribution in [3.8, 4) is 5.69 Å². The molecule has 0 aliphatic heterocycles. The summed E-state index contributed by atoms with van der Waals surface area (Å²) in [6.45, 7) is 1.83. The number of thiophene rings is 1. The van der Waals surface area contributed by atoms with E-state index in [1.54, 1.807) is 0 Å². The van der Waals surface area contributed by atoms with Crippen molar-refractivity contribution in [2.75, 3.05) is 0 Å². The minimum Gasteiger partial charge on any atom is -0.305 e. The monoisotopic (exact) mass is 276 g/mol. The van der Waals surface area contributed by atoms with E-state index >= 15 is 0 Å². The highest BCUT2D eigenvalue weighted by atomic mass is 32.1. The fraction of sp³-hybridized carbons (Fsp3) is 0.0769. The fourth-order valence-corrected chi connectivity index (χ4v) is 2.87. The number of fused-ring (bicyclic) bond motifs is 1. The SMILES string of the molecule is Cc1csc2c(=O)n(-c3ccc(F)cc3)c(=O)[nH]c12. The molecule has 0 fully saturated rings. The van der Waals surface area contributed by atoms with Crippen molar-refractivity contribution in [3.63, 3.8) is 0 Å². The molecule has 0 saturated heterocycles. The zero-order chi connectivity index (χ0) is 13.6. The normalized spacial score (nSPS) is 11.1. The summed E-state index contributed by atoms with van der Waals surface area (Å²) >= 11 is 1.28. The third-order valence-electron chi connectivity index (χ3n) is 2.89. The molecule has 6 heteroatoms. The van der Waals surface area contributed by atoms with Gasteiger partial charge in [0, 0.05) is 0 Å². The number of rotatable bonds is 1. The second-order valence-electron chi connectivity index (χ2n) is 4.17. The van der Waals surface area contributed by atoms with Crippen LogP contribution in [-0.4, -0.2) is 9.55 Å². The smallest absolute Gasteiger partial charge is 0.305 e. The van der Waals surface area contributed by atoms with Crippen LogP contribution >= 0.6 is 11.3 Å². The van der Waals surface area contributed by atoms with Gasteiger partial charge in [-0.15, -0.1) is 11.3 Å². The minimum atomic E-state index is -0.523. The van der Waals surface area contributed by atoms with Crippen molar-refractivity contribution < 1.29 is 4.39 Å². The second kappa shape index (κ2) is 4.17. The largest absolute Gasteiger partial charge is 0.333 e. The van der Waals surface area contributed by atoms with Gasteiger partial charge in [-0.2, -0.15) is 0 Å². The molecule has 1 aromatic carbocycles. The van der Waals surface area contributed by atoms with Crippen molar-refractivity contribution in [2.45, 2.75) is 6.92 Å².